The van der Waals surface area contributed by atoms with Crippen molar-refractivity contribution in [1.82, 2.24) is 8.75 Å². The third kappa shape index (κ3) is 4.44. The monoisotopic (exact) mass is 443 g/mol. The van der Waals surface area contributed by atoms with E-state index in [1.165, 1.54) is 39.8 Å². The molecule has 164 valence electrons. The van der Waals surface area contributed by atoms with Gasteiger partial charge < -0.3 is 4.90 Å². The van der Waals surface area contributed by atoms with E-state index < -0.39 is 0 Å². The van der Waals surface area contributed by atoms with E-state index >= 15 is 0 Å². The van der Waals surface area contributed by atoms with Gasteiger partial charge in [-0.2, -0.15) is 8.75 Å². The van der Waals surface area contributed by atoms with Crippen LogP contribution >= 0.6 is 11.7 Å². The van der Waals surface area contributed by atoms with E-state index in [2.05, 4.69) is 113 Å². The average molecular weight is 444 g/mol. The highest BCUT2D eigenvalue weighted by Gasteiger charge is 2.15. The Labute approximate surface area is 195 Å². The molecule has 0 bridgehead atoms. The molecule has 0 amide bonds. The summed E-state index contributed by atoms with van der Waals surface area (Å²) in [7, 11) is 0. The smallest absolute Gasteiger partial charge is 0.199 e. The maximum absolute atomic E-state index is 4.47. The third-order valence-electron chi connectivity index (χ3n) is 6.11. The molecule has 0 N–H and O–H groups in total. The van der Waals surface area contributed by atoms with Gasteiger partial charge in [0, 0.05) is 30.9 Å². The van der Waals surface area contributed by atoms with Crippen molar-refractivity contribution < 1.29 is 4.58 Å². The molecule has 0 saturated carbocycles. The topological polar surface area (TPSA) is 32.0 Å². The summed E-state index contributed by atoms with van der Waals surface area (Å²) in [6.07, 6.45) is 8.95. The molecule has 1 aromatic heterocycles. The summed E-state index contributed by atoms with van der Waals surface area (Å²) in [5, 5.41) is 0. The molecule has 0 unspecified atom stereocenters. The Bertz CT molecular complexity index is 1180. The highest BCUT2D eigenvalue weighted by Crippen LogP contribution is 2.32. The van der Waals surface area contributed by atoms with Crippen LogP contribution in [0, 0.1) is 0 Å². The molecular weight excluding hydrogens is 412 g/mol. The maximum atomic E-state index is 4.47. The molecule has 4 nitrogen and oxygen atoms in total. The minimum atomic E-state index is 0.949. The molecule has 0 fully saturated rings. The first kappa shape index (κ1) is 22.2. The lowest BCUT2D eigenvalue weighted by molar-refractivity contribution is -0.519. The largest absolute Gasteiger partial charge is 0.372 e. The number of rotatable bonds is 7. The molecule has 0 atom stereocenters. The van der Waals surface area contributed by atoms with Crippen LogP contribution in [0.1, 0.15) is 38.8 Å². The summed E-state index contributed by atoms with van der Waals surface area (Å²) >= 11 is 1.26. The minimum Gasteiger partial charge on any atom is -0.372 e. The van der Waals surface area contributed by atoms with E-state index in [1.54, 1.807) is 0 Å². The van der Waals surface area contributed by atoms with Crippen LogP contribution in [0.25, 0.3) is 16.6 Å². The van der Waals surface area contributed by atoms with Gasteiger partial charge in [-0.3, -0.25) is 0 Å². The van der Waals surface area contributed by atoms with Crippen LogP contribution in [0.4, 0.5) is 5.69 Å². The van der Waals surface area contributed by atoms with Crippen molar-refractivity contribution in [3.05, 3.63) is 83.5 Å². The number of allylic oxidation sites excluding steroid dienone is 5. The lowest BCUT2D eigenvalue weighted by Gasteiger charge is -2.22. The number of hydrogen-bond acceptors (Lipinski definition) is 4. The molecular formula is C27H31N4S+. The molecule has 0 spiro atoms. The van der Waals surface area contributed by atoms with Gasteiger partial charge in [0.2, 0.25) is 0 Å². The summed E-state index contributed by atoms with van der Waals surface area (Å²) < 4.78 is 11.2. The Hall–Kier alpha value is -3.05. The standard InChI is InChI=1S/C27H31N4S/c1-5-30(6-2)23-14-9-20(10-15-23)27(22-13-18-25-26(19-22)29-32-28-25)21-11-16-24(17-12-21)31(7-3)8-4/h9-19H,5-8H2,1-4H3/q+1. The highest BCUT2D eigenvalue weighted by atomic mass is 32.1. The van der Waals surface area contributed by atoms with Gasteiger partial charge in [-0.25, -0.2) is 4.58 Å². The molecule has 1 aliphatic carbocycles. The minimum absolute atomic E-state index is 0.949. The Morgan fingerprint density at radius 1 is 0.781 bits per heavy atom. The fraction of sp³-hybridized carbons (Fsp3) is 0.296. The fourth-order valence-corrected chi connectivity index (χ4v) is 4.81. The van der Waals surface area contributed by atoms with Gasteiger partial charge in [-0.15, -0.1) is 0 Å². The Morgan fingerprint density at radius 3 is 2.03 bits per heavy atom. The van der Waals surface area contributed by atoms with E-state index in [0.717, 1.165) is 42.8 Å². The van der Waals surface area contributed by atoms with Crippen molar-refractivity contribution in [3.8, 4) is 0 Å². The van der Waals surface area contributed by atoms with Gasteiger partial charge in [0.1, 0.15) is 24.1 Å². The first-order chi connectivity index (χ1) is 15.7. The van der Waals surface area contributed by atoms with E-state index in [9.17, 15) is 0 Å². The second-order valence-corrected chi connectivity index (χ2v) is 8.31. The average Bonchev–Trinajstić information content (AvgIpc) is 3.31. The predicted molar refractivity (Wildman–Crippen MR) is 138 cm³/mol. The lowest BCUT2D eigenvalue weighted by atomic mass is 9.90. The summed E-state index contributed by atoms with van der Waals surface area (Å²) in [5.41, 5.74) is 9.21. The van der Waals surface area contributed by atoms with Crippen LogP contribution in [0.3, 0.4) is 0 Å². The van der Waals surface area contributed by atoms with Gasteiger partial charge in [0.05, 0.1) is 11.7 Å². The summed E-state index contributed by atoms with van der Waals surface area (Å²) in [6.45, 7) is 12.8. The molecule has 5 heteroatoms. The second kappa shape index (κ2) is 10.0. The van der Waals surface area contributed by atoms with Crippen LogP contribution < -0.4 is 4.90 Å². The van der Waals surface area contributed by atoms with E-state index in [0.29, 0.717) is 0 Å². The molecule has 1 heterocycles. The van der Waals surface area contributed by atoms with Gasteiger partial charge in [0.25, 0.3) is 0 Å². The normalized spacial score (nSPS) is 13.1. The molecule has 0 radical (unpaired) electrons. The molecule has 3 aromatic rings. The number of anilines is 1. The first-order valence-electron chi connectivity index (χ1n) is 11.5. The van der Waals surface area contributed by atoms with Crippen molar-refractivity contribution in [1.29, 1.82) is 0 Å². The van der Waals surface area contributed by atoms with Crippen LogP contribution in [0.2, 0.25) is 0 Å². The first-order valence-corrected chi connectivity index (χ1v) is 12.2. The van der Waals surface area contributed by atoms with Gasteiger partial charge in [-0.1, -0.05) is 18.2 Å². The summed E-state index contributed by atoms with van der Waals surface area (Å²) in [5.74, 6) is 0. The molecule has 4 rings (SSSR count). The Kier molecular flexibility index (Phi) is 6.96. The predicted octanol–water partition coefficient (Wildman–Crippen LogP) is 5.96. The van der Waals surface area contributed by atoms with E-state index in [1.807, 2.05) is 0 Å². The van der Waals surface area contributed by atoms with Crippen LogP contribution in [0.15, 0.2) is 72.3 Å². The zero-order chi connectivity index (χ0) is 22.5. The fourth-order valence-electron chi connectivity index (χ4n) is 4.29. The van der Waals surface area contributed by atoms with Gasteiger partial charge in [0.15, 0.2) is 5.71 Å². The zero-order valence-corrected chi connectivity index (χ0v) is 20.2. The van der Waals surface area contributed by atoms with Crippen molar-refractivity contribution >= 4 is 39.7 Å². The molecule has 1 aliphatic rings. The number of fused-ring (bicyclic) bond motifs is 1. The van der Waals surface area contributed by atoms with E-state index in [4.69, 9.17) is 0 Å². The maximum Gasteiger partial charge on any atom is 0.199 e. The molecule has 0 aliphatic heterocycles. The van der Waals surface area contributed by atoms with Crippen LogP contribution in [-0.4, -0.2) is 45.2 Å². The Balaban J connectivity index is 1.83. The molecule has 2 aromatic carbocycles. The van der Waals surface area contributed by atoms with Crippen LogP contribution in [0.5, 0.6) is 0 Å². The lowest BCUT2D eigenvalue weighted by Crippen LogP contribution is -2.21. The van der Waals surface area contributed by atoms with Crippen molar-refractivity contribution in [2.24, 2.45) is 0 Å². The quantitative estimate of drug-likeness (QED) is 0.422. The summed E-state index contributed by atoms with van der Waals surface area (Å²) in [6, 6.07) is 15.3. The Morgan fingerprint density at radius 2 is 1.41 bits per heavy atom. The highest BCUT2D eigenvalue weighted by molar-refractivity contribution is 7.00. The third-order valence-corrected chi connectivity index (χ3v) is 6.67. The molecule has 0 saturated heterocycles. The van der Waals surface area contributed by atoms with Gasteiger partial charge in [-0.05, 0) is 86.4 Å². The van der Waals surface area contributed by atoms with Crippen molar-refractivity contribution in [2.75, 3.05) is 31.1 Å². The molecule has 32 heavy (non-hydrogen) atoms. The number of benzene rings is 2. The van der Waals surface area contributed by atoms with Gasteiger partial charge >= 0.3 is 0 Å². The number of nitrogens with zero attached hydrogens (tertiary/aromatic N) is 4. The summed E-state index contributed by atoms with van der Waals surface area (Å²) in [4.78, 5) is 2.37. The van der Waals surface area contributed by atoms with Crippen LogP contribution in [-0.2, 0) is 0 Å². The second-order valence-electron chi connectivity index (χ2n) is 7.78. The number of aromatic nitrogens is 2. The van der Waals surface area contributed by atoms with Crippen molar-refractivity contribution in [2.45, 2.75) is 27.7 Å². The SMILES string of the molecule is CCN(CC)c1ccc(C(=C2C=CC(=[N+](CC)CC)C=C2)c2ccc3nsnc3c2)cc1. The van der Waals surface area contributed by atoms with E-state index in [-0.39, 0.29) is 0 Å². The zero-order valence-electron chi connectivity index (χ0n) is 19.4. The van der Waals surface area contributed by atoms with Crippen molar-refractivity contribution in [3.63, 3.8) is 0 Å². The number of hydrogen-bond donors (Lipinski definition) is 0.